The van der Waals surface area contributed by atoms with Crippen LogP contribution in [-0.4, -0.2) is 36.0 Å². The third-order valence-electron chi connectivity index (χ3n) is 6.32. The highest BCUT2D eigenvalue weighted by atomic mass is 16.5. The van der Waals surface area contributed by atoms with E-state index < -0.39 is 11.4 Å². The van der Waals surface area contributed by atoms with Crippen molar-refractivity contribution < 1.29 is 23.8 Å². The fourth-order valence-corrected chi connectivity index (χ4v) is 4.54. The second-order valence-electron chi connectivity index (χ2n) is 9.20. The van der Waals surface area contributed by atoms with Gasteiger partial charge in [0.2, 0.25) is 0 Å². The maximum absolute atomic E-state index is 12.6. The topological polar surface area (TPSA) is 90.9 Å². The van der Waals surface area contributed by atoms with Crippen LogP contribution in [0.3, 0.4) is 0 Å². The first-order valence-corrected chi connectivity index (χ1v) is 11.7. The van der Waals surface area contributed by atoms with Crippen LogP contribution < -0.4 is 10.2 Å². The number of aromatic carboxylic acids is 1. The van der Waals surface area contributed by atoms with Crippen molar-refractivity contribution in [3.8, 4) is 28.1 Å². The van der Waals surface area contributed by atoms with Crippen LogP contribution in [0.25, 0.3) is 22.4 Å². The van der Waals surface area contributed by atoms with E-state index in [1.54, 1.807) is 19.6 Å². The van der Waals surface area contributed by atoms with Gasteiger partial charge >= 0.3 is 5.97 Å². The first-order chi connectivity index (χ1) is 16.4. The highest BCUT2D eigenvalue weighted by Gasteiger charge is 2.28. The zero-order valence-corrected chi connectivity index (χ0v) is 19.9. The number of hydrogen-bond acceptors (Lipinski definition) is 5. The van der Waals surface area contributed by atoms with Gasteiger partial charge in [0.15, 0.2) is 5.43 Å². The summed E-state index contributed by atoms with van der Waals surface area (Å²) in [5.41, 5.74) is 3.83. The lowest BCUT2D eigenvalue weighted by Gasteiger charge is -2.31. The summed E-state index contributed by atoms with van der Waals surface area (Å²) in [6, 6.07) is 7.45. The normalized spacial score (nSPS) is 14.6. The molecule has 180 valence electrons. The summed E-state index contributed by atoms with van der Waals surface area (Å²) in [4.78, 5) is 24.2. The number of furan rings is 1. The molecule has 34 heavy (non-hydrogen) atoms. The summed E-state index contributed by atoms with van der Waals surface area (Å²) in [5, 5.41) is 9.48. The van der Waals surface area contributed by atoms with E-state index in [2.05, 4.69) is 19.9 Å². The Kier molecular flexibility index (Phi) is 7.22. The average Bonchev–Trinajstić information content (AvgIpc) is 3.34. The van der Waals surface area contributed by atoms with Crippen molar-refractivity contribution in [3.05, 3.63) is 64.3 Å². The van der Waals surface area contributed by atoms with E-state index >= 15 is 0 Å². The fourth-order valence-electron chi connectivity index (χ4n) is 4.54. The number of benzene rings is 1. The minimum absolute atomic E-state index is 0.175. The molecule has 3 heterocycles. The molecule has 2 aromatic heterocycles. The molecule has 3 aromatic rings. The molecule has 4 rings (SSSR count). The van der Waals surface area contributed by atoms with Gasteiger partial charge < -0.3 is 23.6 Å². The third kappa shape index (κ3) is 4.94. The van der Waals surface area contributed by atoms with E-state index in [1.165, 1.54) is 12.3 Å². The monoisotopic (exact) mass is 465 g/mol. The number of ether oxygens (including phenoxy) is 2. The van der Waals surface area contributed by atoms with Gasteiger partial charge in [-0.2, -0.15) is 0 Å². The van der Waals surface area contributed by atoms with E-state index in [0.29, 0.717) is 25.7 Å². The maximum Gasteiger partial charge on any atom is 0.341 e. The molecular weight excluding hydrogens is 434 g/mol. The van der Waals surface area contributed by atoms with E-state index in [4.69, 9.17) is 13.9 Å². The minimum Gasteiger partial charge on any atom is -0.493 e. The zero-order valence-electron chi connectivity index (χ0n) is 19.9. The molecule has 0 fully saturated rings. The Hall–Kier alpha value is -3.32. The molecule has 0 saturated carbocycles. The third-order valence-corrected chi connectivity index (χ3v) is 6.32. The highest BCUT2D eigenvalue weighted by molar-refractivity contribution is 5.88. The van der Waals surface area contributed by atoms with Gasteiger partial charge in [-0.15, -0.1) is 0 Å². The fraction of sp³-hybridized carbons (Fsp3) is 0.407. The van der Waals surface area contributed by atoms with Gasteiger partial charge in [-0.1, -0.05) is 20.3 Å². The standard InChI is InChI=1S/C27H31NO6/c1-17(2)5-6-18-14-28-15-23(27(30)31)25(29)13-24(28)22-11-21(19-7-10-33-16-19)26(12-20(18)22)34-9-4-8-32-3/h7,10-13,15-18H,4-6,8-9,14H2,1-3H3,(H,30,31)/t18-/m0/s1. The van der Waals surface area contributed by atoms with Crippen molar-refractivity contribution in [1.29, 1.82) is 0 Å². The summed E-state index contributed by atoms with van der Waals surface area (Å²) in [6.07, 6.45) is 7.53. The number of carboxylic acids is 1. The zero-order chi connectivity index (χ0) is 24.2. The molecule has 0 saturated heterocycles. The molecule has 7 nitrogen and oxygen atoms in total. The van der Waals surface area contributed by atoms with E-state index in [0.717, 1.165) is 53.0 Å². The van der Waals surface area contributed by atoms with Crippen LogP contribution in [0, 0.1) is 5.92 Å². The van der Waals surface area contributed by atoms with Gasteiger partial charge in [-0.3, -0.25) is 4.79 Å². The second kappa shape index (κ2) is 10.3. The van der Waals surface area contributed by atoms with Crippen LogP contribution in [0.5, 0.6) is 5.75 Å². The maximum atomic E-state index is 12.6. The van der Waals surface area contributed by atoms with Crippen molar-refractivity contribution in [3.63, 3.8) is 0 Å². The molecule has 0 aliphatic carbocycles. The largest absolute Gasteiger partial charge is 0.493 e. The quantitative estimate of drug-likeness (QED) is 0.402. The lowest BCUT2D eigenvalue weighted by atomic mass is 9.82. The molecule has 0 bridgehead atoms. The summed E-state index contributed by atoms with van der Waals surface area (Å²) in [6.45, 7) is 6.15. The summed E-state index contributed by atoms with van der Waals surface area (Å²) < 4.78 is 18.6. The molecule has 7 heteroatoms. The van der Waals surface area contributed by atoms with Crippen LogP contribution in [-0.2, 0) is 11.3 Å². The van der Waals surface area contributed by atoms with Crippen LogP contribution in [0.1, 0.15) is 54.9 Å². The van der Waals surface area contributed by atoms with Gasteiger partial charge in [0, 0.05) is 61.6 Å². The molecule has 0 spiro atoms. The molecule has 1 aliphatic rings. The summed E-state index contributed by atoms with van der Waals surface area (Å²) >= 11 is 0. The number of pyridine rings is 1. The molecule has 0 radical (unpaired) electrons. The molecule has 1 aromatic carbocycles. The van der Waals surface area contributed by atoms with Crippen molar-refractivity contribution >= 4 is 5.97 Å². The van der Waals surface area contributed by atoms with Crippen molar-refractivity contribution in [2.45, 2.75) is 45.6 Å². The molecule has 0 amide bonds. The Bertz CT molecular complexity index is 1210. The molecule has 1 N–H and O–H groups in total. The predicted octanol–water partition coefficient (Wildman–Crippen LogP) is 5.42. The SMILES string of the molecule is COCCCOc1cc2c(cc1-c1ccoc1)-c1cc(=O)c(C(=O)O)cn1C[C@@H]2CCC(C)C. The van der Waals surface area contributed by atoms with Gasteiger partial charge in [0.25, 0.3) is 0 Å². The number of hydrogen-bond donors (Lipinski definition) is 1. The molecule has 0 unspecified atom stereocenters. The van der Waals surface area contributed by atoms with Crippen molar-refractivity contribution in [2.75, 3.05) is 20.3 Å². The predicted molar refractivity (Wildman–Crippen MR) is 130 cm³/mol. The van der Waals surface area contributed by atoms with Gasteiger partial charge in [0.05, 0.1) is 24.8 Å². The smallest absolute Gasteiger partial charge is 0.341 e. The lowest BCUT2D eigenvalue weighted by molar-refractivity contribution is 0.0694. The molecule has 1 aliphatic heterocycles. The number of methoxy groups -OCH3 is 1. The van der Waals surface area contributed by atoms with E-state index in [-0.39, 0.29) is 11.5 Å². The number of aromatic nitrogens is 1. The molecular formula is C27H31NO6. The Morgan fingerprint density at radius 3 is 2.74 bits per heavy atom. The highest BCUT2D eigenvalue weighted by Crippen LogP contribution is 2.44. The first kappa shape index (κ1) is 23.8. The van der Waals surface area contributed by atoms with Crippen molar-refractivity contribution in [1.82, 2.24) is 4.57 Å². The number of nitrogens with zero attached hydrogens (tertiary/aromatic N) is 1. The van der Waals surface area contributed by atoms with Gasteiger partial charge in [-0.05, 0) is 36.1 Å². The van der Waals surface area contributed by atoms with Crippen molar-refractivity contribution in [2.24, 2.45) is 5.92 Å². The summed E-state index contributed by atoms with van der Waals surface area (Å²) in [7, 11) is 1.67. The Labute approximate surface area is 198 Å². The number of carboxylic acid groups (broad SMARTS) is 1. The van der Waals surface area contributed by atoms with Crippen LogP contribution >= 0.6 is 0 Å². The Morgan fingerprint density at radius 1 is 1.24 bits per heavy atom. The number of carbonyl (C=O) groups is 1. The van der Waals surface area contributed by atoms with Crippen LogP contribution in [0.4, 0.5) is 0 Å². The van der Waals surface area contributed by atoms with Gasteiger partial charge in [-0.25, -0.2) is 4.79 Å². The minimum atomic E-state index is -1.20. The number of rotatable bonds is 10. The first-order valence-electron chi connectivity index (χ1n) is 11.7. The second-order valence-corrected chi connectivity index (χ2v) is 9.20. The summed E-state index contributed by atoms with van der Waals surface area (Å²) in [5.74, 6) is 0.282. The number of fused-ring (bicyclic) bond motifs is 3. The lowest BCUT2D eigenvalue weighted by Crippen LogP contribution is -2.24. The average molecular weight is 466 g/mol. The Morgan fingerprint density at radius 2 is 2.06 bits per heavy atom. The van der Waals surface area contributed by atoms with E-state index in [9.17, 15) is 14.7 Å². The van der Waals surface area contributed by atoms with Crippen LogP contribution in [0.15, 0.2) is 52.2 Å². The van der Waals surface area contributed by atoms with Gasteiger partial charge in [0.1, 0.15) is 11.3 Å². The molecule has 1 atom stereocenters. The van der Waals surface area contributed by atoms with E-state index in [1.807, 2.05) is 16.7 Å². The Balaban J connectivity index is 1.86. The van der Waals surface area contributed by atoms with Crippen LogP contribution in [0.2, 0.25) is 0 Å².